The molecule has 0 amide bonds. The van der Waals surface area contributed by atoms with Crippen molar-refractivity contribution in [2.24, 2.45) is 23.7 Å². The number of aliphatic carboxylic acids is 1. The molecular weight excluding hydrogens is 204 g/mol. The molecule has 1 N–H and O–H groups in total. The Kier molecular flexibility index (Phi) is 5.26. The number of carbonyl (C=O) groups is 1. The zero-order valence-electron chi connectivity index (χ0n) is 10.6. The highest BCUT2D eigenvalue weighted by Crippen LogP contribution is 2.42. The van der Waals surface area contributed by atoms with Crippen LogP contribution < -0.4 is 0 Å². The van der Waals surface area contributed by atoms with Gasteiger partial charge in [0.1, 0.15) is 0 Å². The van der Waals surface area contributed by atoms with Gasteiger partial charge < -0.3 is 9.84 Å². The number of hydrogen-bond acceptors (Lipinski definition) is 2. The molecule has 16 heavy (non-hydrogen) atoms. The van der Waals surface area contributed by atoms with Gasteiger partial charge in [0.05, 0.1) is 0 Å². The highest BCUT2D eigenvalue weighted by atomic mass is 16.5. The van der Waals surface area contributed by atoms with E-state index in [9.17, 15) is 4.79 Å². The van der Waals surface area contributed by atoms with Gasteiger partial charge >= 0.3 is 5.97 Å². The molecule has 0 heterocycles. The van der Waals surface area contributed by atoms with E-state index in [-0.39, 0.29) is 5.92 Å². The van der Waals surface area contributed by atoms with Crippen LogP contribution in [0, 0.1) is 23.7 Å². The van der Waals surface area contributed by atoms with E-state index in [1.807, 2.05) is 0 Å². The molecule has 0 aromatic carbocycles. The van der Waals surface area contributed by atoms with Gasteiger partial charge in [-0.3, -0.25) is 4.79 Å². The molecule has 0 aromatic heterocycles. The Morgan fingerprint density at radius 2 is 2.12 bits per heavy atom. The summed E-state index contributed by atoms with van der Waals surface area (Å²) in [5.74, 6) is 1.58. The van der Waals surface area contributed by atoms with Gasteiger partial charge in [0, 0.05) is 20.1 Å². The quantitative estimate of drug-likeness (QED) is 0.760. The molecule has 3 heteroatoms. The first-order valence-corrected chi connectivity index (χ1v) is 6.27. The van der Waals surface area contributed by atoms with Crippen molar-refractivity contribution in [1.82, 2.24) is 0 Å². The molecular formula is C13H24O3. The molecule has 0 spiro atoms. The van der Waals surface area contributed by atoms with E-state index in [2.05, 4.69) is 13.8 Å². The van der Waals surface area contributed by atoms with E-state index in [4.69, 9.17) is 9.84 Å². The molecule has 0 aliphatic heterocycles. The molecule has 3 nitrogen and oxygen atoms in total. The highest BCUT2D eigenvalue weighted by Gasteiger charge is 2.35. The summed E-state index contributed by atoms with van der Waals surface area (Å²) >= 11 is 0. The lowest BCUT2D eigenvalue weighted by atomic mass is 9.79. The number of ether oxygens (including phenoxy) is 1. The molecule has 1 saturated carbocycles. The molecule has 0 bridgehead atoms. The number of carboxylic acid groups (broad SMARTS) is 1. The first-order chi connectivity index (χ1) is 7.56. The Bertz CT molecular complexity index is 227. The van der Waals surface area contributed by atoms with Crippen LogP contribution in [-0.4, -0.2) is 24.8 Å². The lowest BCUT2D eigenvalue weighted by molar-refractivity contribution is -0.138. The highest BCUT2D eigenvalue weighted by molar-refractivity contribution is 5.67. The summed E-state index contributed by atoms with van der Waals surface area (Å²) < 4.78 is 5.08. The average Bonchev–Trinajstić information content (AvgIpc) is 2.54. The molecule has 0 radical (unpaired) electrons. The third-order valence-electron chi connectivity index (χ3n) is 4.26. The molecule has 1 aliphatic carbocycles. The minimum atomic E-state index is -0.673. The summed E-state index contributed by atoms with van der Waals surface area (Å²) in [5, 5.41) is 8.95. The minimum absolute atomic E-state index is 0.289. The Labute approximate surface area is 98.2 Å². The normalized spacial score (nSPS) is 31.6. The van der Waals surface area contributed by atoms with Crippen molar-refractivity contribution in [3.05, 3.63) is 0 Å². The van der Waals surface area contributed by atoms with Crippen molar-refractivity contribution in [3.8, 4) is 0 Å². The van der Waals surface area contributed by atoms with Crippen LogP contribution in [0.2, 0.25) is 0 Å². The topological polar surface area (TPSA) is 46.5 Å². The summed E-state index contributed by atoms with van der Waals surface area (Å²) in [6.45, 7) is 5.22. The second kappa shape index (κ2) is 6.24. The minimum Gasteiger partial charge on any atom is -0.481 e. The van der Waals surface area contributed by atoms with E-state index < -0.39 is 5.97 Å². The molecule has 4 atom stereocenters. The maximum absolute atomic E-state index is 10.9. The third-order valence-corrected chi connectivity index (χ3v) is 4.26. The van der Waals surface area contributed by atoms with Crippen molar-refractivity contribution in [2.75, 3.05) is 13.7 Å². The van der Waals surface area contributed by atoms with Gasteiger partial charge in [-0.15, -0.1) is 0 Å². The summed E-state index contributed by atoms with van der Waals surface area (Å²) in [4.78, 5) is 10.9. The Morgan fingerprint density at radius 1 is 1.44 bits per heavy atom. The molecule has 1 aliphatic rings. The van der Waals surface area contributed by atoms with Crippen molar-refractivity contribution >= 4 is 5.97 Å². The summed E-state index contributed by atoms with van der Waals surface area (Å²) in [5.41, 5.74) is 0. The number of rotatable bonds is 6. The average molecular weight is 228 g/mol. The Balaban J connectivity index is 2.57. The van der Waals surface area contributed by atoms with Gasteiger partial charge in [0.2, 0.25) is 0 Å². The predicted molar refractivity (Wildman–Crippen MR) is 63.3 cm³/mol. The van der Waals surface area contributed by atoms with Crippen LogP contribution in [0.3, 0.4) is 0 Å². The maximum atomic E-state index is 10.9. The SMILES string of the molecule is COCCC(CC(=O)O)[C@H]1CC[C@@H](C)[C@H]1C. The van der Waals surface area contributed by atoms with Gasteiger partial charge in [-0.1, -0.05) is 20.3 Å². The van der Waals surface area contributed by atoms with Crippen LogP contribution in [-0.2, 0) is 9.53 Å². The zero-order valence-corrected chi connectivity index (χ0v) is 10.6. The van der Waals surface area contributed by atoms with Crippen molar-refractivity contribution < 1.29 is 14.6 Å². The van der Waals surface area contributed by atoms with Gasteiger partial charge in [0.25, 0.3) is 0 Å². The van der Waals surface area contributed by atoms with E-state index >= 15 is 0 Å². The second-order valence-corrected chi connectivity index (χ2v) is 5.22. The van der Waals surface area contributed by atoms with E-state index in [1.54, 1.807) is 7.11 Å². The van der Waals surface area contributed by atoms with E-state index in [0.717, 1.165) is 12.3 Å². The first kappa shape index (κ1) is 13.5. The van der Waals surface area contributed by atoms with Crippen LogP contribution in [0.25, 0.3) is 0 Å². The fourth-order valence-electron chi connectivity index (χ4n) is 3.03. The van der Waals surface area contributed by atoms with Gasteiger partial charge in [0.15, 0.2) is 0 Å². The first-order valence-electron chi connectivity index (χ1n) is 6.27. The lowest BCUT2D eigenvalue weighted by Gasteiger charge is -2.26. The number of methoxy groups -OCH3 is 1. The van der Waals surface area contributed by atoms with Crippen LogP contribution in [0.5, 0.6) is 0 Å². The van der Waals surface area contributed by atoms with E-state index in [0.29, 0.717) is 24.9 Å². The Morgan fingerprint density at radius 3 is 2.56 bits per heavy atom. The van der Waals surface area contributed by atoms with Gasteiger partial charge in [-0.05, 0) is 36.5 Å². The van der Waals surface area contributed by atoms with Crippen molar-refractivity contribution in [1.29, 1.82) is 0 Å². The molecule has 0 aromatic rings. The summed E-state index contributed by atoms with van der Waals surface area (Å²) in [6, 6.07) is 0. The Hall–Kier alpha value is -0.570. The van der Waals surface area contributed by atoms with E-state index in [1.165, 1.54) is 12.8 Å². The maximum Gasteiger partial charge on any atom is 0.303 e. The van der Waals surface area contributed by atoms with Gasteiger partial charge in [-0.25, -0.2) is 0 Å². The van der Waals surface area contributed by atoms with Crippen LogP contribution >= 0.6 is 0 Å². The standard InChI is InChI=1S/C13H24O3/c1-9-4-5-12(10(9)2)11(6-7-16-3)8-13(14)15/h9-12H,4-8H2,1-3H3,(H,14,15)/t9-,10-,11?,12+/m1/s1. The van der Waals surface area contributed by atoms with Crippen LogP contribution in [0.15, 0.2) is 0 Å². The third kappa shape index (κ3) is 3.48. The lowest BCUT2D eigenvalue weighted by Crippen LogP contribution is -2.23. The zero-order chi connectivity index (χ0) is 12.1. The summed E-state index contributed by atoms with van der Waals surface area (Å²) in [7, 11) is 1.68. The van der Waals surface area contributed by atoms with Crippen LogP contribution in [0.4, 0.5) is 0 Å². The molecule has 1 unspecified atom stereocenters. The fraction of sp³-hybridized carbons (Fsp3) is 0.923. The monoisotopic (exact) mass is 228 g/mol. The molecule has 1 rings (SSSR count). The smallest absolute Gasteiger partial charge is 0.303 e. The fourth-order valence-corrected chi connectivity index (χ4v) is 3.03. The molecule has 0 saturated heterocycles. The molecule has 94 valence electrons. The predicted octanol–water partition coefficient (Wildman–Crippen LogP) is 2.80. The van der Waals surface area contributed by atoms with Crippen LogP contribution in [0.1, 0.15) is 39.5 Å². The number of carboxylic acids is 1. The second-order valence-electron chi connectivity index (χ2n) is 5.22. The number of hydrogen-bond donors (Lipinski definition) is 1. The van der Waals surface area contributed by atoms with Gasteiger partial charge in [-0.2, -0.15) is 0 Å². The molecule has 1 fully saturated rings. The summed E-state index contributed by atoms with van der Waals surface area (Å²) in [6.07, 6.45) is 3.61. The largest absolute Gasteiger partial charge is 0.481 e. The van der Waals surface area contributed by atoms with Crippen molar-refractivity contribution in [2.45, 2.75) is 39.5 Å². The van der Waals surface area contributed by atoms with Crippen molar-refractivity contribution in [3.63, 3.8) is 0 Å².